The largest absolute Gasteiger partial charge is 0.574 e. The van der Waals surface area contributed by atoms with Crippen molar-refractivity contribution in [3.8, 4) is 5.88 Å². The first-order valence-electron chi connectivity index (χ1n) is 5.39. The predicted molar refractivity (Wildman–Crippen MR) is 70.6 cm³/mol. The van der Waals surface area contributed by atoms with Crippen LogP contribution >= 0.6 is 22.6 Å². The van der Waals surface area contributed by atoms with Gasteiger partial charge in [-0.2, -0.15) is 0 Å². The second-order valence-corrected chi connectivity index (χ2v) is 4.69. The molecule has 1 rings (SSSR count). The first kappa shape index (κ1) is 17.4. The lowest BCUT2D eigenvalue weighted by atomic mass is 10.2. The number of pyridine rings is 1. The average Bonchev–Trinajstić information content (AvgIpc) is 2.31. The van der Waals surface area contributed by atoms with Crippen LogP contribution in [0.25, 0.3) is 0 Å². The van der Waals surface area contributed by atoms with Crippen molar-refractivity contribution in [1.29, 1.82) is 0 Å². The van der Waals surface area contributed by atoms with Crippen LogP contribution in [-0.4, -0.2) is 28.8 Å². The summed E-state index contributed by atoms with van der Waals surface area (Å²) < 4.78 is 45.0. The maximum absolute atomic E-state index is 12.2. The first-order chi connectivity index (χ1) is 9.64. The molecular weight excluding hydrogens is 412 g/mol. The number of nitro groups is 1. The van der Waals surface area contributed by atoms with Gasteiger partial charge in [-0.25, -0.2) is 4.98 Å². The number of alkyl halides is 3. The second kappa shape index (κ2) is 6.87. The Morgan fingerprint density at radius 2 is 2.14 bits per heavy atom. The van der Waals surface area contributed by atoms with Crippen molar-refractivity contribution >= 4 is 34.2 Å². The number of rotatable bonds is 5. The number of hydrogen-bond donors (Lipinski definition) is 0. The number of hydrogen-bond acceptors (Lipinski definition) is 6. The molecule has 1 aromatic heterocycles. The molecule has 11 heteroatoms. The summed E-state index contributed by atoms with van der Waals surface area (Å²) in [4.78, 5) is 24.4. The van der Waals surface area contributed by atoms with Crippen molar-refractivity contribution in [2.45, 2.75) is 19.7 Å². The third kappa shape index (κ3) is 5.32. The number of carbonyl (C=O) groups excluding carboxylic acids is 1. The number of halogens is 4. The van der Waals surface area contributed by atoms with Gasteiger partial charge in [0.1, 0.15) is 0 Å². The monoisotopic (exact) mass is 420 g/mol. The van der Waals surface area contributed by atoms with E-state index in [2.05, 4.69) is 14.5 Å². The van der Waals surface area contributed by atoms with Crippen molar-refractivity contribution in [2.24, 2.45) is 0 Å². The molecular formula is C10H8F3IN2O5. The SMILES string of the molecule is CCOC(=O)Cc1nc(OC(F)(F)F)c([N+](=O)[O-])cc1I. The van der Waals surface area contributed by atoms with Gasteiger partial charge in [-0.3, -0.25) is 14.9 Å². The maximum Gasteiger partial charge on any atom is 0.574 e. The smallest absolute Gasteiger partial charge is 0.466 e. The van der Waals surface area contributed by atoms with E-state index < -0.39 is 35.2 Å². The third-order valence-corrected chi connectivity index (χ3v) is 2.95. The Morgan fingerprint density at radius 3 is 2.62 bits per heavy atom. The molecule has 0 atom stereocenters. The highest BCUT2D eigenvalue weighted by molar-refractivity contribution is 14.1. The van der Waals surface area contributed by atoms with Gasteiger partial charge in [-0.05, 0) is 29.5 Å². The Bertz CT molecular complexity index is 564. The van der Waals surface area contributed by atoms with Gasteiger partial charge in [0.05, 0.1) is 23.6 Å². The highest BCUT2D eigenvalue weighted by Crippen LogP contribution is 2.32. The van der Waals surface area contributed by atoms with Crippen molar-refractivity contribution < 1.29 is 32.4 Å². The molecule has 7 nitrogen and oxygen atoms in total. The summed E-state index contributed by atoms with van der Waals surface area (Å²) in [5.74, 6) is -1.93. The fourth-order valence-electron chi connectivity index (χ4n) is 1.29. The molecule has 0 amide bonds. The summed E-state index contributed by atoms with van der Waals surface area (Å²) in [6.07, 6.45) is -5.55. The molecule has 0 aliphatic carbocycles. The fraction of sp³-hybridized carbons (Fsp3) is 0.400. The summed E-state index contributed by atoms with van der Waals surface area (Å²) in [6.45, 7) is 1.65. The first-order valence-corrected chi connectivity index (χ1v) is 6.47. The van der Waals surface area contributed by atoms with E-state index in [9.17, 15) is 28.1 Å². The van der Waals surface area contributed by atoms with E-state index in [0.29, 0.717) is 0 Å². The summed E-state index contributed by atoms with van der Waals surface area (Å²) in [6, 6.07) is 0.850. The van der Waals surface area contributed by atoms with E-state index in [1.807, 2.05) is 0 Å². The van der Waals surface area contributed by atoms with Crippen LogP contribution in [-0.2, 0) is 16.0 Å². The van der Waals surface area contributed by atoms with Crippen molar-refractivity contribution in [3.63, 3.8) is 0 Å². The molecule has 0 fully saturated rings. The molecule has 0 saturated heterocycles. The summed E-state index contributed by atoms with van der Waals surface area (Å²) >= 11 is 1.62. The minimum atomic E-state index is -5.13. The molecule has 0 aromatic carbocycles. The third-order valence-electron chi connectivity index (χ3n) is 2.02. The van der Waals surface area contributed by atoms with Crippen molar-refractivity contribution in [1.82, 2.24) is 4.98 Å². The number of aromatic nitrogens is 1. The molecule has 0 bridgehead atoms. The molecule has 0 N–H and O–H groups in total. The van der Waals surface area contributed by atoms with Crippen molar-refractivity contribution in [2.75, 3.05) is 6.61 Å². The topological polar surface area (TPSA) is 91.6 Å². The number of carbonyl (C=O) groups is 1. The lowest BCUT2D eigenvalue weighted by Gasteiger charge is -2.10. The van der Waals surface area contributed by atoms with Gasteiger partial charge in [0, 0.05) is 9.64 Å². The molecule has 0 spiro atoms. The Labute approximate surface area is 129 Å². The van der Waals surface area contributed by atoms with Crippen LogP contribution in [0, 0.1) is 13.7 Å². The Morgan fingerprint density at radius 1 is 1.52 bits per heavy atom. The van der Waals surface area contributed by atoms with Gasteiger partial charge in [0.15, 0.2) is 0 Å². The minimum Gasteiger partial charge on any atom is -0.466 e. The van der Waals surface area contributed by atoms with Crippen LogP contribution in [0.3, 0.4) is 0 Å². The lowest BCUT2D eigenvalue weighted by Crippen LogP contribution is -2.20. The molecule has 0 unspecified atom stereocenters. The van der Waals surface area contributed by atoms with Crippen LogP contribution in [0.2, 0.25) is 0 Å². The van der Waals surface area contributed by atoms with E-state index in [4.69, 9.17) is 0 Å². The van der Waals surface area contributed by atoms with E-state index >= 15 is 0 Å². The van der Waals surface area contributed by atoms with E-state index in [0.717, 1.165) is 6.07 Å². The minimum absolute atomic E-state index is 0.0916. The molecule has 0 aliphatic rings. The standard InChI is InChI=1S/C10H8F3IN2O5/c1-2-20-8(17)4-6-5(14)3-7(16(18)19)9(15-6)21-10(11,12)13/h3H,2,4H2,1H3. The van der Waals surface area contributed by atoms with Crippen LogP contribution in [0.15, 0.2) is 6.07 Å². The summed E-state index contributed by atoms with van der Waals surface area (Å²) in [5, 5.41) is 10.7. The molecule has 0 aliphatic heterocycles. The number of ether oxygens (including phenoxy) is 2. The molecule has 1 aromatic rings. The van der Waals surface area contributed by atoms with Crippen molar-refractivity contribution in [3.05, 3.63) is 25.4 Å². The van der Waals surface area contributed by atoms with E-state index in [-0.39, 0.29) is 15.9 Å². The highest BCUT2D eigenvalue weighted by Gasteiger charge is 2.36. The van der Waals surface area contributed by atoms with Gasteiger partial charge in [-0.15, -0.1) is 13.2 Å². The highest BCUT2D eigenvalue weighted by atomic mass is 127. The lowest BCUT2D eigenvalue weighted by molar-refractivity contribution is -0.389. The molecule has 0 radical (unpaired) electrons. The number of esters is 1. The van der Waals surface area contributed by atoms with Crippen LogP contribution in [0.1, 0.15) is 12.6 Å². The van der Waals surface area contributed by atoms with Gasteiger partial charge in [0.25, 0.3) is 0 Å². The summed E-state index contributed by atoms with van der Waals surface area (Å²) in [5.41, 5.74) is -1.04. The normalized spacial score (nSPS) is 11.1. The quantitative estimate of drug-likeness (QED) is 0.315. The predicted octanol–water partition coefficient (Wildman–Crippen LogP) is 2.60. The number of nitrogens with zero attached hydrogens (tertiary/aromatic N) is 2. The van der Waals surface area contributed by atoms with Crippen LogP contribution in [0.5, 0.6) is 5.88 Å². The summed E-state index contributed by atoms with van der Waals surface area (Å²) in [7, 11) is 0. The van der Waals surface area contributed by atoms with Gasteiger partial charge in [-0.1, -0.05) is 0 Å². The van der Waals surface area contributed by atoms with Gasteiger partial charge >= 0.3 is 23.9 Å². The zero-order chi connectivity index (χ0) is 16.2. The molecule has 0 saturated carbocycles. The Hall–Kier alpha value is -1.66. The van der Waals surface area contributed by atoms with E-state index in [1.165, 1.54) is 0 Å². The maximum atomic E-state index is 12.2. The Balaban J connectivity index is 3.20. The fourth-order valence-corrected chi connectivity index (χ4v) is 1.89. The zero-order valence-electron chi connectivity index (χ0n) is 10.4. The molecule has 21 heavy (non-hydrogen) atoms. The van der Waals surface area contributed by atoms with Gasteiger partial charge in [0.2, 0.25) is 0 Å². The van der Waals surface area contributed by atoms with E-state index in [1.54, 1.807) is 29.5 Å². The average molecular weight is 420 g/mol. The van der Waals surface area contributed by atoms with Crippen LogP contribution in [0.4, 0.5) is 18.9 Å². The zero-order valence-corrected chi connectivity index (χ0v) is 12.6. The van der Waals surface area contributed by atoms with Gasteiger partial charge < -0.3 is 9.47 Å². The molecule has 1 heterocycles. The second-order valence-electron chi connectivity index (χ2n) is 3.53. The molecule has 116 valence electrons. The van der Waals surface area contributed by atoms with Crippen LogP contribution < -0.4 is 4.74 Å². The Kier molecular flexibility index (Phi) is 5.69.